The number of likely N-dealkylation sites (tertiary alicyclic amines) is 1. The van der Waals surface area contributed by atoms with Crippen LogP contribution in [0.4, 0.5) is 0 Å². The molecule has 170 valence electrons. The summed E-state index contributed by atoms with van der Waals surface area (Å²) in [7, 11) is 1.56. The van der Waals surface area contributed by atoms with Crippen LogP contribution in [0.5, 0.6) is 5.75 Å². The first-order valence-electron chi connectivity index (χ1n) is 10.8. The summed E-state index contributed by atoms with van der Waals surface area (Å²) in [5.41, 5.74) is 0.396. The maximum absolute atomic E-state index is 12.8. The summed E-state index contributed by atoms with van der Waals surface area (Å²) in [5.74, 6) is 0.199. The first kappa shape index (κ1) is 24.4. The van der Waals surface area contributed by atoms with Crippen molar-refractivity contribution in [2.75, 3.05) is 26.7 Å². The summed E-state index contributed by atoms with van der Waals surface area (Å²) in [6, 6.07) is 6.08. The average molecular weight is 430 g/mol. The molecule has 1 aliphatic rings. The van der Waals surface area contributed by atoms with Crippen LogP contribution in [0, 0.1) is 11.3 Å². The Morgan fingerprint density at radius 2 is 1.81 bits per heavy atom. The van der Waals surface area contributed by atoms with Crippen LogP contribution in [0.3, 0.4) is 0 Å². The summed E-state index contributed by atoms with van der Waals surface area (Å²) in [6.45, 7) is 11.3. The van der Waals surface area contributed by atoms with Crippen LogP contribution in [0.2, 0.25) is 0 Å². The van der Waals surface area contributed by atoms with Crippen molar-refractivity contribution in [1.82, 2.24) is 15.5 Å². The van der Waals surface area contributed by atoms with E-state index >= 15 is 0 Å². The number of piperidine rings is 1. The normalized spacial score (nSPS) is 15.7. The zero-order valence-electron chi connectivity index (χ0n) is 19.1. The predicted molar refractivity (Wildman–Crippen MR) is 121 cm³/mol. The Labute approximate surface area is 185 Å². The third kappa shape index (κ3) is 7.42. The molecule has 0 saturated carbocycles. The van der Waals surface area contributed by atoms with Crippen molar-refractivity contribution in [1.29, 1.82) is 0 Å². The molecule has 0 aromatic heterocycles. The molecule has 31 heavy (non-hydrogen) atoms. The Hall–Kier alpha value is -2.83. The van der Waals surface area contributed by atoms with Crippen LogP contribution >= 0.6 is 0 Å². The van der Waals surface area contributed by atoms with Crippen LogP contribution in [0.15, 0.2) is 36.9 Å². The lowest BCUT2D eigenvalue weighted by molar-refractivity contribution is -0.134. The molecule has 0 spiro atoms. The van der Waals surface area contributed by atoms with Crippen molar-refractivity contribution in [3.63, 3.8) is 0 Å². The Kier molecular flexibility index (Phi) is 8.65. The van der Waals surface area contributed by atoms with E-state index in [1.807, 2.05) is 25.7 Å². The topological polar surface area (TPSA) is 87.7 Å². The van der Waals surface area contributed by atoms with E-state index in [0.717, 1.165) is 0 Å². The lowest BCUT2D eigenvalue weighted by atomic mass is 9.87. The van der Waals surface area contributed by atoms with Gasteiger partial charge in [0, 0.05) is 31.6 Å². The number of carbonyl (C=O) groups excluding carboxylic acids is 3. The molecule has 2 rings (SSSR count). The number of hydrogen-bond donors (Lipinski definition) is 2. The number of benzene rings is 1. The number of carbonyl (C=O) groups is 3. The molecule has 1 unspecified atom stereocenters. The predicted octanol–water partition coefficient (Wildman–Crippen LogP) is 2.77. The number of hydrogen-bond acceptors (Lipinski definition) is 4. The number of ether oxygens (including phenoxy) is 1. The van der Waals surface area contributed by atoms with Gasteiger partial charge in [0.15, 0.2) is 0 Å². The lowest BCUT2D eigenvalue weighted by Gasteiger charge is -2.36. The zero-order chi connectivity index (χ0) is 23.0. The van der Waals surface area contributed by atoms with Crippen LogP contribution in [0.1, 0.15) is 50.4 Å². The number of rotatable bonds is 8. The fourth-order valence-corrected chi connectivity index (χ4v) is 3.69. The van der Waals surface area contributed by atoms with E-state index in [1.165, 1.54) is 0 Å². The SMILES string of the molecule is C=CCNC(=O)C(NC(=O)c1ccc(OC)cc1)C1CCN(C(=O)CC(C)(C)C)CC1. The van der Waals surface area contributed by atoms with Gasteiger partial charge in [-0.15, -0.1) is 6.58 Å². The Bertz CT molecular complexity index is 775. The van der Waals surface area contributed by atoms with E-state index in [2.05, 4.69) is 17.2 Å². The minimum atomic E-state index is -0.672. The third-order valence-electron chi connectivity index (χ3n) is 5.39. The van der Waals surface area contributed by atoms with Gasteiger partial charge in [-0.3, -0.25) is 14.4 Å². The highest BCUT2D eigenvalue weighted by atomic mass is 16.5. The van der Waals surface area contributed by atoms with E-state index in [-0.39, 0.29) is 29.1 Å². The highest BCUT2D eigenvalue weighted by Crippen LogP contribution is 2.25. The fraction of sp³-hybridized carbons (Fsp3) is 0.542. The van der Waals surface area contributed by atoms with Crippen molar-refractivity contribution in [2.24, 2.45) is 11.3 Å². The minimum Gasteiger partial charge on any atom is -0.497 e. The number of nitrogens with zero attached hydrogens (tertiary/aromatic N) is 1. The van der Waals surface area contributed by atoms with E-state index in [9.17, 15) is 14.4 Å². The molecule has 1 fully saturated rings. The second kappa shape index (κ2) is 11.0. The number of methoxy groups -OCH3 is 1. The first-order chi connectivity index (χ1) is 14.6. The summed E-state index contributed by atoms with van der Waals surface area (Å²) >= 11 is 0. The van der Waals surface area contributed by atoms with Gasteiger partial charge >= 0.3 is 0 Å². The molecule has 0 aliphatic carbocycles. The summed E-state index contributed by atoms with van der Waals surface area (Å²) in [6.07, 6.45) is 3.42. The van der Waals surface area contributed by atoms with Crippen LogP contribution in [0.25, 0.3) is 0 Å². The van der Waals surface area contributed by atoms with Gasteiger partial charge in [0.05, 0.1) is 7.11 Å². The lowest BCUT2D eigenvalue weighted by Crippen LogP contribution is -2.54. The fourth-order valence-electron chi connectivity index (χ4n) is 3.69. The second-order valence-electron chi connectivity index (χ2n) is 9.17. The van der Waals surface area contributed by atoms with Gasteiger partial charge in [0.2, 0.25) is 11.8 Å². The molecule has 1 heterocycles. The molecule has 1 aromatic carbocycles. The van der Waals surface area contributed by atoms with Crippen LogP contribution in [-0.2, 0) is 9.59 Å². The molecular formula is C24H35N3O4. The molecule has 2 N–H and O–H groups in total. The van der Waals surface area contributed by atoms with Gasteiger partial charge in [0.1, 0.15) is 11.8 Å². The molecule has 3 amide bonds. The van der Waals surface area contributed by atoms with Gasteiger partial charge in [-0.05, 0) is 48.4 Å². The zero-order valence-corrected chi connectivity index (χ0v) is 19.1. The molecular weight excluding hydrogens is 394 g/mol. The van der Waals surface area contributed by atoms with E-state index in [1.54, 1.807) is 37.5 Å². The summed E-state index contributed by atoms with van der Waals surface area (Å²) < 4.78 is 5.13. The Balaban J connectivity index is 2.06. The monoisotopic (exact) mass is 429 g/mol. The Morgan fingerprint density at radius 3 is 2.32 bits per heavy atom. The van der Waals surface area contributed by atoms with Crippen molar-refractivity contribution in [3.05, 3.63) is 42.5 Å². The maximum atomic E-state index is 12.8. The van der Waals surface area contributed by atoms with Gasteiger partial charge in [-0.2, -0.15) is 0 Å². The number of amides is 3. The minimum absolute atomic E-state index is 0.0503. The van der Waals surface area contributed by atoms with Crippen molar-refractivity contribution in [2.45, 2.75) is 46.1 Å². The molecule has 0 bridgehead atoms. The third-order valence-corrected chi connectivity index (χ3v) is 5.39. The van der Waals surface area contributed by atoms with Gasteiger partial charge in [0.25, 0.3) is 5.91 Å². The molecule has 0 radical (unpaired) electrons. The largest absolute Gasteiger partial charge is 0.497 e. The van der Waals surface area contributed by atoms with E-state index in [4.69, 9.17) is 4.74 Å². The molecule has 1 aliphatic heterocycles. The molecule has 1 atom stereocenters. The highest BCUT2D eigenvalue weighted by molar-refractivity contribution is 5.97. The second-order valence-corrected chi connectivity index (χ2v) is 9.17. The molecule has 1 aromatic rings. The van der Waals surface area contributed by atoms with Crippen molar-refractivity contribution in [3.8, 4) is 5.75 Å². The van der Waals surface area contributed by atoms with Crippen molar-refractivity contribution >= 4 is 17.7 Å². The summed E-state index contributed by atoms with van der Waals surface area (Å²) in [5, 5.41) is 5.70. The van der Waals surface area contributed by atoms with E-state index < -0.39 is 6.04 Å². The quantitative estimate of drug-likeness (QED) is 0.622. The molecule has 1 saturated heterocycles. The Morgan fingerprint density at radius 1 is 1.19 bits per heavy atom. The van der Waals surface area contributed by atoms with Crippen LogP contribution in [-0.4, -0.2) is 55.4 Å². The van der Waals surface area contributed by atoms with Crippen molar-refractivity contribution < 1.29 is 19.1 Å². The smallest absolute Gasteiger partial charge is 0.251 e. The van der Waals surface area contributed by atoms with E-state index in [0.29, 0.717) is 50.2 Å². The van der Waals surface area contributed by atoms with Gasteiger partial charge in [-0.1, -0.05) is 26.8 Å². The van der Waals surface area contributed by atoms with Gasteiger partial charge in [-0.25, -0.2) is 0 Å². The molecule has 7 nitrogen and oxygen atoms in total. The van der Waals surface area contributed by atoms with Crippen LogP contribution < -0.4 is 15.4 Å². The van der Waals surface area contributed by atoms with Gasteiger partial charge < -0.3 is 20.3 Å². The summed E-state index contributed by atoms with van der Waals surface area (Å²) in [4.78, 5) is 40.0. The number of nitrogens with one attached hydrogen (secondary N) is 2. The highest BCUT2D eigenvalue weighted by Gasteiger charge is 2.34. The average Bonchev–Trinajstić information content (AvgIpc) is 2.74. The maximum Gasteiger partial charge on any atom is 0.251 e. The molecule has 7 heteroatoms. The standard InChI is InChI=1S/C24H35N3O4/c1-6-13-25-23(30)21(26-22(29)18-7-9-19(31-5)10-8-18)17-11-14-27(15-12-17)20(28)16-24(2,3)4/h6-10,17,21H,1,11-16H2,2-5H3,(H,25,30)(H,26,29). The first-order valence-corrected chi connectivity index (χ1v) is 10.8.